The molecule has 6 nitrogen and oxygen atoms in total. The first-order valence-electron chi connectivity index (χ1n) is 8.68. The Bertz CT molecular complexity index is 802. The zero-order valence-corrected chi connectivity index (χ0v) is 16.2. The van der Waals surface area contributed by atoms with Gasteiger partial charge in [0.1, 0.15) is 17.2 Å². The molecule has 2 aromatic rings. The Balaban J connectivity index is 2.09. The third kappa shape index (κ3) is 5.56. The van der Waals surface area contributed by atoms with Crippen LogP contribution in [0.2, 0.25) is 0 Å². The highest BCUT2D eigenvalue weighted by molar-refractivity contribution is 5.95. The fourth-order valence-electron chi connectivity index (χ4n) is 2.73. The predicted octanol–water partition coefficient (Wildman–Crippen LogP) is 3.98. The summed E-state index contributed by atoms with van der Waals surface area (Å²) >= 11 is 0. The van der Waals surface area contributed by atoms with Crippen LogP contribution in [0.25, 0.3) is 0 Å². The van der Waals surface area contributed by atoms with E-state index in [2.05, 4.69) is 15.4 Å². The summed E-state index contributed by atoms with van der Waals surface area (Å²) in [6.45, 7) is 0.582. The Morgan fingerprint density at radius 1 is 1.00 bits per heavy atom. The summed E-state index contributed by atoms with van der Waals surface area (Å²) in [6.07, 6.45) is 0. The van der Waals surface area contributed by atoms with Crippen LogP contribution in [0.3, 0.4) is 0 Å². The van der Waals surface area contributed by atoms with E-state index in [-0.39, 0.29) is 23.4 Å². The van der Waals surface area contributed by atoms with E-state index >= 15 is 0 Å². The lowest BCUT2D eigenvalue weighted by Crippen LogP contribution is -2.39. The lowest BCUT2D eigenvalue weighted by molar-refractivity contribution is -0.118. The van der Waals surface area contributed by atoms with Gasteiger partial charge in [0.15, 0.2) is 0 Å². The molecular formula is C20H24F2N2O4. The number of ether oxygens (including phenoxy) is 3. The maximum atomic E-state index is 12.5. The number of halogens is 2. The van der Waals surface area contributed by atoms with Crippen LogP contribution in [0.5, 0.6) is 17.2 Å². The number of hydrogen-bond acceptors (Lipinski definition) is 5. The second-order valence-corrected chi connectivity index (χ2v) is 6.08. The number of nitrogens with one attached hydrogen (secondary N) is 2. The molecule has 0 aliphatic rings. The van der Waals surface area contributed by atoms with E-state index in [4.69, 9.17) is 9.47 Å². The second-order valence-electron chi connectivity index (χ2n) is 6.08. The van der Waals surface area contributed by atoms with Crippen LogP contribution in [0.4, 0.5) is 14.5 Å². The molecule has 0 aliphatic carbocycles. The van der Waals surface area contributed by atoms with Crippen molar-refractivity contribution in [1.29, 1.82) is 0 Å². The quantitative estimate of drug-likeness (QED) is 0.673. The molecule has 0 saturated heterocycles. The minimum Gasteiger partial charge on any atom is -0.497 e. The molecule has 0 aliphatic heterocycles. The lowest BCUT2D eigenvalue weighted by Gasteiger charge is -2.22. The molecule has 0 bridgehead atoms. The van der Waals surface area contributed by atoms with Gasteiger partial charge in [0, 0.05) is 11.6 Å². The van der Waals surface area contributed by atoms with Crippen LogP contribution in [0, 0.1) is 0 Å². The van der Waals surface area contributed by atoms with Crippen LogP contribution < -0.4 is 24.8 Å². The minimum atomic E-state index is -2.98. The molecule has 0 heterocycles. The number of benzene rings is 2. The van der Waals surface area contributed by atoms with Crippen molar-refractivity contribution >= 4 is 11.6 Å². The average Bonchev–Trinajstić information content (AvgIpc) is 2.68. The topological polar surface area (TPSA) is 68.8 Å². The zero-order chi connectivity index (χ0) is 20.7. The van der Waals surface area contributed by atoms with Gasteiger partial charge in [0.2, 0.25) is 5.91 Å². The first-order chi connectivity index (χ1) is 13.3. The standard InChI is InChI=1S/C20H24F2N2O4/c1-12(15-11-14(26-3)9-10-17(15)27-4)23-13(2)19(25)24-16-7-5-6-8-18(16)28-20(21)22/h5-13,20,23H,1-4H3,(H,24,25). The zero-order valence-electron chi connectivity index (χ0n) is 16.2. The molecule has 2 atom stereocenters. The minimum absolute atomic E-state index is 0.0967. The molecule has 28 heavy (non-hydrogen) atoms. The van der Waals surface area contributed by atoms with Gasteiger partial charge in [-0.25, -0.2) is 0 Å². The highest BCUT2D eigenvalue weighted by Crippen LogP contribution is 2.30. The molecule has 0 saturated carbocycles. The number of hydrogen-bond donors (Lipinski definition) is 2. The summed E-state index contributed by atoms with van der Waals surface area (Å²) in [6, 6.07) is 10.6. The Morgan fingerprint density at radius 3 is 2.36 bits per heavy atom. The third-order valence-corrected chi connectivity index (χ3v) is 4.16. The highest BCUT2D eigenvalue weighted by atomic mass is 19.3. The van der Waals surface area contributed by atoms with Crippen molar-refractivity contribution in [3.05, 3.63) is 48.0 Å². The van der Waals surface area contributed by atoms with E-state index in [9.17, 15) is 13.6 Å². The summed E-state index contributed by atoms with van der Waals surface area (Å²) in [5.41, 5.74) is 0.996. The molecule has 2 rings (SSSR count). The van der Waals surface area contributed by atoms with Gasteiger partial charge in [0.05, 0.1) is 25.9 Å². The molecule has 0 fully saturated rings. The van der Waals surface area contributed by atoms with Gasteiger partial charge in [-0.15, -0.1) is 0 Å². The van der Waals surface area contributed by atoms with Crippen molar-refractivity contribution in [1.82, 2.24) is 5.32 Å². The first kappa shape index (κ1) is 21.4. The molecule has 0 radical (unpaired) electrons. The van der Waals surface area contributed by atoms with Gasteiger partial charge >= 0.3 is 6.61 Å². The molecule has 152 valence electrons. The Hall–Kier alpha value is -2.87. The van der Waals surface area contributed by atoms with Crippen LogP contribution in [-0.2, 0) is 4.79 Å². The summed E-state index contributed by atoms with van der Waals surface area (Å²) < 4.78 is 40.1. The fraction of sp³-hybridized carbons (Fsp3) is 0.350. The summed E-state index contributed by atoms with van der Waals surface area (Å²) in [5, 5.41) is 5.77. The van der Waals surface area contributed by atoms with Crippen LogP contribution in [0.15, 0.2) is 42.5 Å². The Morgan fingerprint density at radius 2 is 1.71 bits per heavy atom. The van der Waals surface area contributed by atoms with Gasteiger partial charge in [-0.1, -0.05) is 12.1 Å². The third-order valence-electron chi connectivity index (χ3n) is 4.16. The monoisotopic (exact) mass is 394 g/mol. The van der Waals surface area contributed by atoms with Gasteiger partial charge in [-0.05, 0) is 44.2 Å². The average molecular weight is 394 g/mol. The van der Waals surface area contributed by atoms with Crippen LogP contribution in [-0.4, -0.2) is 32.8 Å². The van der Waals surface area contributed by atoms with Crippen LogP contribution >= 0.6 is 0 Å². The molecule has 1 amide bonds. The summed E-state index contributed by atoms with van der Waals surface area (Å²) in [7, 11) is 3.13. The fourth-order valence-corrected chi connectivity index (χ4v) is 2.73. The van der Waals surface area contributed by atoms with E-state index in [0.29, 0.717) is 11.5 Å². The molecule has 2 unspecified atom stereocenters. The SMILES string of the molecule is COc1ccc(OC)c(C(C)NC(C)C(=O)Nc2ccccc2OC(F)F)c1. The number of amides is 1. The second kappa shape index (κ2) is 9.89. The van der Waals surface area contributed by atoms with E-state index < -0.39 is 12.7 Å². The molecule has 8 heteroatoms. The maximum absolute atomic E-state index is 12.5. The Labute approximate surface area is 162 Å². The smallest absolute Gasteiger partial charge is 0.387 e. The lowest BCUT2D eigenvalue weighted by atomic mass is 10.1. The summed E-state index contributed by atoms with van der Waals surface area (Å²) in [4.78, 5) is 12.5. The number of carbonyl (C=O) groups excluding carboxylic acids is 1. The van der Waals surface area contributed by atoms with Gasteiger partial charge in [-0.3, -0.25) is 10.1 Å². The van der Waals surface area contributed by atoms with Crippen molar-refractivity contribution in [2.24, 2.45) is 0 Å². The van der Waals surface area contributed by atoms with Crippen molar-refractivity contribution in [3.8, 4) is 17.2 Å². The first-order valence-corrected chi connectivity index (χ1v) is 8.68. The number of carbonyl (C=O) groups is 1. The van der Waals surface area contributed by atoms with Crippen molar-refractivity contribution < 1.29 is 27.8 Å². The molecule has 0 spiro atoms. The predicted molar refractivity (Wildman–Crippen MR) is 102 cm³/mol. The number of alkyl halides is 2. The van der Waals surface area contributed by atoms with E-state index in [1.54, 1.807) is 45.4 Å². The maximum Gasteiger partial charge on any atom is 0.387 e. The van der Waals surface area contributed by atoms with Crippen molar-refractivity contribution in [3.63, 3.8) is 0 Å². The van der Waals surface area contributed by atoms with Crippen molar-refractivity contribution in [2.45, 2.75) is 32.5 Å². The number of para-hydroxylation sites is 2. The molecule has 0 aromatic heterocycles. The Kier molecular flexibility index (Phi) is 7.57. The van der Waals surface area contributed by atoms with E-state index in [0.717, 1.165) is 5.56 Å². The van der Waals surface area contributed by atoms with Crippen LogP contribution in [0.1, 0.15) is 25.5 Å². The number of methoxy groups -OCH3 is 2. The van der Waals surface area contributed by atoms with Gasteiger partial charge < -0.3 is 19.5 Å². The van der Waals surface area contributed by atoms with E-state index in [1.165, 1.54) is 12.1 Å². The van der Waals surface area contributed by atoms with Gasteiger partial charge in [0.25, 0.3) is 0 Å². The summed E-state index contributed by atoms with van der Waals surface area (Å²) in [5.74, 6) is 0.836. The normalized spacial score (nSPS) is 13.0. The molecular weight excluding hydrogens is 370 g/mol. The van der Waals surface area contributed by atoms with E-state index in [1.807, 2.05) is 13.0 Å². The van der Waals surface area contributed by atoms with Gasteiger partial charge in [-0.2, -0.15) is 8.78 Å². The largest absolute Gasteiger partial charge is 0.497 e. The number of rotatable bonds is 9. The molecule has 2 aromatic carbocycles. The highest BCUT2D eigenvalue weighted by Gasteiger charge is 2.20. The molecule has 2 N–H and O–H groups in total. The van der Waals surface area contributed by atoms with Crippen molar-refractivity contribution in [2.75, 3.05) is 19.5 Å². The number of anilines is 1.